The van der Waals surface area contributed by atoms with Gasteiger partial charge in [-0.15, -0.1) is 0 Å². The summed E-state index contributed by atoms with van der Waals surface area (Å²) in [7, 11) is 0. The minimum absolute atomic E-state index is 0.0953. The van der Waals surface area contributed by atoms with Crippen LogP contribution >= 0.6 is 0 Å². The van der Waals surface area contributed by atoms with Crippen molar-refractivity contribution in [2.24, 2.45) is 5.92 Å². The van der Waals surface area contributed by atoms with Gasteiger partial charge >= 0.3 is 17.9 Å². The molecular formula is C22H26O7. The number of ether oxygens (including phenoxy) is 3. The molecule has 4 atom stereocenters. The minimum Gasteiger partial charge on any atom is -0.454 e. The fourth-order valence-electron chi connectivity index (χ4n) is 3.35. The second-order valence-electron chi connectivity index (χ2n) is 7.17. The fraction of sp³-hybridized carbons (Fsp3) is 0.455. The summed E-state index contributed by atoms with van der Waals surface area (Å²) in [5, 5.41) is 0. The van der Waals surface area contributed by atoms with Crippen molar-refractivity contribution < 1.29 is 33.4 Å². The average molecular weight is 402 g/mol. The quantitative estimate of drug-likeness (QED) is 0.235. The first-order valence-electron chi connectivity index (χ1n) is 9.43. The first-order valence-corrected chi connectivity index (χ1v) is 9.43. The predicted molar refractivity (Wildman–Crippen MR) is 105 cm³/mol. The summed E-state index contributed by atoms with van der Waals surface area (Å²) in [5.74, 6) is -2.73. The average Bonchev–Trinajstić information content (AvgIpc) is 2.93. The molecule has 7 nitrogen and oxygen atoms in total. The van der Waals surface area contributed by atoms with Crippen LogP contribution in [0.1, 0.15) is 40.5 Å². The Morgan fingerprint density at radius 2 is 1.97 bits per heavy atom. The first-order chi connectivity index (χ1) is 13.7. The van der Waals surface area contributed by atoms with E-state index < -0.39 is 42.1 Å². The highest BCUT2D eigenvalue weighted by Crippen LogP contribution is 2.37. The topological polar surface area (TPSA) is 96.0 Å². The summed E-state index contributed by atoms with van der Waals surface area (Å²) in [5.41, 5.74) is 1.54. The number of hydrogen-bond acceptors (Lipinski definition) is 7. The molecule has 2 aliphatic rings. The van der Waals surface area contributed by atoms with Crippen LogP contribution in [0.2, 0.25) is 0 Å². The Kier molecular flexibility index (Phi) is 7.31. The third-order valence-electron chi connectivity index (χ3n) is 5.04. The molecule has 0 N–H and O–H groups in total. The van der Waals surface area contributed by atoms with Crippen molar-refractivity contribution in [2.75, 3.05) is 0 Å². The number of allylic oxidation sites excluding steroid dienone is 3. The molecule has 0 saturated carbocycles. The highest BCUT2D eigenvalue weighted by Gasteiger charge is 2.49. The van der Waals surface area contributed by atoms with Gasteiger partial charge in [-0.1, -0.05) is 24.3 Å². The van der Waals surface area contributed by atoms with E-state index in [4.69, 9.17) is 14.2 Å². The van der Waals surface area contributed by atoms with Crippen molar-refractivity contribution in [1.29, 1.82) is 0 Å². The molecule has 0 aromatic carbocycles. The lowest BCUT2D eigenvalue weighted by atomic mass is 9.83. The normalized spacial score (nSPS) is 27.8. The molecule has 0 aromatic rings. The zero-order valence-electron chi connectivity index (χ0n) is 17.1. The molecule has 29 heavy (non-hydrogen) atoms. The molecule has 1 fully saturated rings. The van der Waals surface area contributed by atoms with E-state index in [1.54, 1.807) is 32.1 Å². The Labute approximate surface area is 170 Å². The number of rotatable bonds is 4. The van der Waals surface area contributed by atoms with E-state index in [9.17, 15) is 19.2 Å². The SMILES string of the molecule is C=C1C(=O)OC2C=C(C)CCC=C(C=O)C(OC(C)=O)C(OC(=O)C(C)=CC)C12. The van der Waals surface area contributed by atoms with Gasteiger partial charge in [0.05, 0.1) is 5.92 Å². The smallest absolute Gasteiger partial charge is 0.334 e. The van der Waals surface area contributed by atoms with Crippen LogP contribution in [-0.4, -0.2) is 42.5 Å². The molecule has 4 unspecified atom stereocenters. The van der Waals surface area contributed by atoms with Crippen LogP contribution in [0, 0.1) is 5.92 Å². The third kappa shape index (κ3) is 5.10. The number of aldehydes is 1. The summed E-state index contributed by atoms with van der Waals surface area (Å²) in [4.78, 5) is 48.4. The number of carbonyl (C=O) groups excluding carboxylic acids is 4. The maximum Gasteiger partial charge on any atom is 0.334 e. The Hall–Kier alpha value is -2.96. The van der Waals surface area contributed by atoms with Gasteiger partial charge in [-0.05, 0) is 39.7 Å². The van der Waals surface area contributed by atoms with Gasteiger partial charge in [-0.2, -0.15) is 0 Å². The van der Waals surface area contributed by atoms with E-state index in [-0.39, 0.29) is 11.1 Å². The van der Waals surface area contributed by atoms with Crippen LogP contribution < -0.4 is 0 Å². The van der Waals surface area contributed by atoms with Gasteiger partial charge in [0.15, 0.2) is 12.2 Å². The van der Waals surface area contributed by atoms with Crippen molar-refractivity contribution in [2.45, 2.75) is 58.8 Å². The molecule has 0 aromatic heterocycles. The summed E-state index contributed by atoms with van der Waals surface area (Å²) >= 11 is 0. The van der Waals surface area contributed by atoms with Gasteiger partial charge in [-0.3, -0.25) is 9.59 Å². The molecule has 2 rings (SSSR count). The second kappa shape index (κ2) is 9.49. The summed E-state index contributed by atoms with van der Waals surface area (Å²) < 4.78 is 16.5. The van der Waals surface area contributed by atoms with E-state index in [0.717, 1.165) is 5.57 Å². The van der Waals surface area contributed by atoms with Gasteiger partial charge in [0.25, 0.3) is 0 Å². The number of carbonyl (C=O) groups is 4. The van der Waals surface area contributed by atoms with E-state index in [0.29, 0.717) is 24.7 Å². The predicted octanol–water partition coefficient (Wildman–Crippen LogP) is 2.76. The molecule has 7 heteroatoms. The van der Waals surface area contributed by atoms with Gasteiger partial charge in [0.1, 0.15) is 12.4 Å². The van der Waals surface area contributed by atoms with Crippen LogP contribution in [0.15, 0.2) is 47.1 Å². The summed E-state index contributed by atoms with van der Waals surface area (Å²) in [6.07, 6.45) is 3.63. The summed E-state index contributed by atoms with van der Waals surface area (Å²) in [6.45, 7) is 10.1. The van der Waals surface area contributed by atoms with Gasteiger partial charge in [0.2, 0.25) is 0 Å². The van der Waals surface area contributed by atoms with Gasteiger partial charge < -0.3 is 14.2 Å². The highest BCUT2D eigenvalue weighted by atomic mass is 16.6. The van der Waals surface area contributed by atoms with E-state index in [1.165, 1.54) is 6.92 Å². The first kappa shape index (κ1) is 22.3. The lowest BCUT2D eigenvalue weighted by Crippen LogP contribution is -2.45. The van der Waals surface area contributed by atoms with E-state index in [2.05, 4.69) is 6.58 Å². The van der Waals surface area contributed by atoms with E-state index >= 15 is 0 Å². The standard InChI is InChI=1S/C22H26O7/c1-6-13(3)21(25)29-20-18-14(4)22(26)28-17(18)10-12(2)8-7-9-16(11-23)19(20)27-15(5)24/h6,9-11,17-20H,4,7-8H2,1-3,5H3. The minimum atomic E-state index is -1.19. The van der Waals surface area contributed by atoms with Crippen molar-refractivity contribution in [3.05, 3.63) is 47.1 Å². The fourth-order valence-corrected chi connectivity index (χ4v) is 3.35. The van der Waals surface area contributed by atoms with Crippen molar-refractivity contribution in [3.63, 3.8) is 0 Å². The van der Waals surface area contributed by atoms with Gasteiger partial charge in [0, 0.05) is 23.6 Å². The molecular weight excluding hydrogens is 376 g/mol. The molecule has 0 radical (unpaired) electrons. The number of hydrogen-bond donors (Lipinski definition) is 0. The number of esters is 3. The largest absolute Gasteiger partial charge is 0.454 e. The zero-order valence-corrected chi connectivity index (χ0v) is 17.1. The van der Waals surface area contributed by atoms with Crippen molar-refractivity contribution >= 4 is 24.2 Å². The maximum atomic E-state index is 12.6. The van der Waals surface area contributed by atoms with Crippen molar-refractivity contribution in [1.82, 2.24) is 0 Å². The molecule has 0 spiro atoms. The lowest BCUT2D eigenvalue weighted by Gasteiger charge is -2.33. The molecule has 0 bridgehead atoms. The molecule has 0 amide bonds. The van der Waals surface area contributed by atoms with Gasteiger partial charge in [-0.25, -0.2) is 9.59 Å². The zero-order chi connectivity index (χ0) is 21.7. The third-order valence-corrected chi connectivity index (χ3v) is 5.04. The maximum absolute atomic E-state index is 12.6. The monoisotopic (exact) mass is 402 g/mol. The van der Waals surface area contributed by atoms with Crippen LogP contribution in [0.5, 0.6) is 0 Å². The van der Waals surface area contributed by atoms with Crippen LogP contribution in [-0.2, 0) is 33.4 Å². The number of fused-ring (bicyclic) bond motifs is 1. The van der Waals surface area contributed by atoms with Crippen LogP contribution in [0.4, 0.5) is 0 Å². The molecule has 1 aliphatic carbocycles. The molecule has 1 saturated heterocycles. The van der Waals surface area contributed by atoms with E-state index in [1.807, 2.05) is 6.92 Å². The second-order valence-corrected chi connectivity index (χ2v) is 7.17. The highest BCUT2D eigenvalue weighted by molar-refractivity contribution is 5.92. The molecule has 1 heterocycles. The Balaban J connectivity index is 2.64. The summed E-state index contributed by atoms with van der Waals surface area (Å²) in [6, 6.07) is 0. The lowest BCUT2D eigenvalue weighted by molar-refractivity contribution is -0.166. The van der Waals surface area contributed by atoms with Crippen molar-refractivity contribution in [3.8, 4) is 0 Å². The Bertz CT molecular complexity index is 815. The molecule has 1 aliphatic heterocycles. The Morgan fingerprint density at radius 1 is 1.28 bits per heavy atom. The van der Waals surface area contributed by atoms with Crippen LogP contribution in [0.3, 0.4) is 0 Å². The van der Waals surface area contributed by atoms with Crippen LogP contribution in [0.25, 0.3) is 0 Å². The Morgan fingerprint density at radius 3 is 2.55 bits per heavy atom. The molecule has 156 valence electrons.